The number of nitrogens with one attached hydrogen (secondary N) is 1. The molecule has 2 N–H and O–H groups in total. The molecule has 0 aromatic carbocycles. The van der Waals surface area contributed by atoms with Gasteiger partial charge in [-0.15, -0.1) is 0 Å². The summed E-state index contributed by atoms with van der Waals surface area (Å²) in [4.78, 5) is 21.4. The van der Waals surface area contributed by atoms with Gasteiger partial charge < -0.3 is 14.8 Å². The number of carboxylic acid groups (broad SMARTS) is 1. The summed E-state index contributed by atoms with van der Waals surface area (Å²) in [6.45, 7) is 0. The molecule has 0 fully saturated rings. The second-order valence-electron chi connectivity index (χ2n) is 3.25. The van der Waals surface area contributed by atoms with E-state index in [0.29, 0.717) is 6.42 Å². The second-order valence-corrected chi connectivity index (χ2v) is 4.75. The van der Waals surface area contributed by atoms with Gasteiger partial charge in [-0.1, -0.05) is 0 Å². The molecule has 1 aromatic rings. The Morgan fingerprint density at radius 1 is 1.47 bits per heavy atom. The van der Waals surface area contributed by atoms with Gasteiger partial charge in [0.25, 0.3) is 0 Å². The number of aromatic carboxylic acids is 1. The summed E-state index contributed by atoms with van der Waals surface area (Å²) in [7, 11) is 0.125. The van der Waals surface area contributed by atoms with Crippen molar-refractivity contribution in [3.8, 4) is 0 Å². The van der Waals surface area contributed by atoms with E-state index in [0.717, 1.165) is 0 Å². The van der Waals surface area contributed by atoms with Crippen molar-refractivity contribution in [3.05, 3.63) is 17.9 Å². The largest absolute Gasteiger partial charge is 0.475 e. The number of carbonyl (C=O) groups is 2. The number of hydrogen-bond donors (Lipinski definition) is 2. The molecule has 0 saturated heterocycles. The molecule has 6 nitrogen and oxygen atoms in total. The molecule has 17 heavy (non-hydrogen) atoms. The minimum absolute atomic E-state index is 0.118. The third kappa shape index (κ3) is 4.03. The quantitative estimate of drug-likeness (QED) is 0.780. The van der Waals surface area contributed by atoms with E-state index < -0.39 is 16.8 Å². The molecule has 0 bridgehead atoms. The fourth-order valence-electron chi connectivity index (χ4n) is 1.15. The highest BCUT2D eigenvalue weighted by atomic mass is 32.2. The predicted molar refractivity (Wildman–Crippen MR) is 60.2 cm³/mol. The lowest BCUT2D eigenvalue weighted by Crippen LogP contribution is -2.17. The van der Waals surface area contributed by atoms with E-state index in [4.69, 9.17) is 9.52 Å². The molecule has 1 amide bonds. The molecule has 0 radical (unpaired) electrons. The number of carbonyl (C=O) groups excluding carboxylic acids is 1. The van der Waals surface area contributed by atoms with Crippen molar-refractivity contribution in [3.63, 3.8) is 0 Å². The first-order valence-electron chi connectivity index (χ1n) is 4.96. The molecule has 1 atom stereocenters. The van der Waals surface area contributed by atoms with Crippen LogP contribution in [0.2, 0.25) is 0 Å². The molecular weight excluding hydrogens is 246 g/mol. The smallest absolute Gasteiger partial charge is 0.371 e. The Bertz CT molecular complexity index is 440. The van der Waals surface area contributed by atoms with E-state index in [2.05, 4.69) is 5.32 Å². The van der Waals surface area contributed by atoms with Gasteiger partial charge in [-0.25, -0.2) is 4.79 Å². The summed E-state index contributed by atoms with van der Waals surface area (Å²) in [6, 6.07) is 2.63. The van der Waals surface area contributed by atoms with Gasteiger partial charge in [0.2, 0.25) is 11.7 Å². The van der Waals surface area contributed by atoms with Gasteiger partial charge in [0.05, 0.1) is 10.8 Å². The predicted octanol–water partition coefficient (Wildman–Crippen LogP) is 0.612. The average molecular weight is 259 g/mol. The maximum absolute atomic E-state index is 11.6. The molecule has 1 unspecified atom stereocenters. The maximum atomic E-state index is 11.6. The third-order valence-corrected chi connectivity index (χ3v) is 3.36. The van der Waals surface area contributed by atoms with Crippen molar-refractivity contribution in [1.29, 1.82) is 0 Å². The minimum atomic E-state index is -1.41. The van der Waals surface area contributed by atoms with Crippen molar-refractivity contribution in [2.45, 2.75) is 17.9 Å². The van der Waals surface area contributed by atoms with Crippen molar-refractivity contribution in [2.24, 2.45) is 0 Å². The van der Waals surface area contributed by atoms with Gasteiger partial charge in [-0.05, 0) is 18.6 Å². The van der Waals surface area contributed by atoms with Crippen LogP contribution >= 0.6 is 0 Å². The molecule has 1 rings (SSSR count). The van der Waals surface area contributed by atoms with E-state index >= 15 is 0 Å². The third-order valence-electron chi connectivity index (χ3n) is 2.03. The van der Waals surface area contributed by atoms with Gasteiger partial charge in [-0.3, -0.25) is 9.00 Å². The molecule has 0 spiro atoms. The van der Waals surface area contributed by atoms with E-state index in [1.54, 1.807) is 0 Å². The van der Waals surface area contributed by atoms with Gasteiger partial charge in [0.15, 0.2) is 5.09 Å². The van der Waals surface area contributed by atoms with Crippen molar-refractivity contribution in [1.82, 2.24) is 5.32 Å². The van der Waals surface area contributed by atoms with Crippen LogP contribution in [-0.4, -0.2) is 34.0 Å². The Kier molecular flexibility index (Phi) is 4.89. The second kappa shape index (κ2) is 6.19. The van der Waals surface area contributed by atoms with Crippen LogP contribution in [-0.2, 0) is 15.6 Å². The fraction of sp³-hybridized carbons (Fsp3) is 0.400. The van der Waals surface area contributed by atoms with Crippen LogP contribution in [0.25, 0.3) is 0 Å². The Balaban J connectivity index is 2.47. The summed E-state index contributed by atoms with van der Waals surface area (Å²) in [6.07, 6.45) is 0.740. The van der Waals surface area contributed by atoms with Gasteiger partial charge in [0, 0.05) is 19.2 Å². The Labute approximate surface area is 100 Å². The van der Waals surface area contributed by atoms with E-state index in [1.165, 1.54) is 19.2 Å². The van der Waals surface area contributed by atoms with Crippen LogP contribution in [0.4, 0.5) is 0 Å². The van der Waals surface area contributed by atoms with E-state index in [9.17, 15) is 13.8 Å². The first-order valence-corrected chi connectivity index (χ1v) is 6.28. The standard InChI is InChI=1S/C10H13NO5S/c1-11-8(12)3-2-6-17(15)9-5-4-7(16-9)10(13)14/h4-5H,2-3,6H2,1H3,(H,11,12)(H,13,14). The van der Waals surface area contributed by atoms with Crippen molar-refractivity contribution in [2.75, 3.05) is 12.8 Å². The van der Waals surface area contributed by atoms with Gasteiger partial charge >= 0.3 is 5.97 Å². The first kappa shape index (κ1) is 13.4. The highest BCUT2D eigenvalue weighted by molar-refractivity contribution is 7.84. The molecule has 0 aliphatic rings. The molecule has 0 saturated carbocycles. The number of amides is 1. The average Bonchev–Trinajstić information content (AvgIpc) is 2.78. The number of hydrogen-bond acceptors (Lipinski definition) is 4. The lowest BCUT2D eigenvalue weighted by Gasteiger charge is -1.99. The summed E-state index contributed by atoms with van der Waals surface area (Å²) < 4.78 is 16.5. The van der Waals surface area contributed by atoms with E-state index in [-0.39, 0.29) is 28.9 Å². The summed E-state index contributed by atoms with van der Waals surface area (Å²) in [5, 5.41) is 11.2. The maximum Gasteiger partial charge on any atom is 0.371 e. The van der Waals surface area contributed by atoms with Crippen LogP contribution in [0, 0.1) is 0 Å². The van der Waals surface area contributed by atoms with Crippen LogP contribution in [0.3, 0.4) is 0 Å². The molecule has 0 aliphatic carbocycles. The zero-order chi connectivity index (χ0) is 12.8. The normalized spacial score (nSPS) is 12.1. The summed E-state index contributed by atoms with van der Waals surface area (Å²) in [5.74, 6) is -1.29. The highest BCUT2D eigenvalue weighted by Gasteiger charge is 2.13. The molecule has 0 aliphatic heterocycles. The SMILES string of the molecule is CNC(=O)CCCS(=O)c1ccc(C(=O)O)o1. The topological polar surface area (TPSA) is 96.6 Å². The molecule has 1 heterocycles. The van der Waals surface area contributed by atoms with Gasteiger partial charge in [-0.2, -0.15) is 0 Å². The Hall–Kier alpha value is -1.63. The first-order chi connectivity index (χ1) is 8.04. The lowest BCUT2D eigenvalue weighted by atomic mass is 10.3. The van der Waals surface area contributed by atoms with E-state index in [1.807, 2.05) is 0 Å². The fourth-order valence-corrected chi connectivity index (χ4v) is 2.16. The zero-order valence-electron chi connectivity index (χ0n) is 9.26. The molecule has 7 heteroatoms. The van der Waals surface area contributed by atoms with Crippen LogP contribution in [0.5, 0.6) is 0 Å². The lowest BCUT2D eigenvalue weighted by molar-refractivity contribution is -0.120. The molecular formula is C10H13NO5S. The van der Waals surface area contributed by atoms with Crippen molar-refractivity contribution >= 4 is 22.7 Å². The highest BCUT2D eigenvalue weighted by Crippen LogP contribution is 2.13. The van der Waals surface area contributed by atoms with Crippen LogP contribution in [0.1, 0.15) is 23.4 Å². The molecule has 1 aromatic heterocycles. The summed E-state index contributed by atoms with van der Waals surface area (Å²) >= 11 is 0. The number of rotatable bonds is 6. The Morgan fingerprint density at radius 3 is 2.71 bits per heavy atom. The number of furan rings is 1. The minimum Gasteiger partial charge on any atom is -0.475 e. The van der Waals surface area contributed by atoms with Crippen LogP contribution in [0.15, 0.2) is 21.6 Å². The monoisotopic (exact) mass is 259 g/mol. The Morgan fingerprint density at radius 2 is 2.18 bits per heavy atom. The van der Waals surface area contributed by atoms with Crippen LogP contribution < -0.4 is 5.32 Å². The summed E-state index contributed by atoms with van der Waals surface area (Å²) in [5.41, 5.74) is 0. The van der Waals surface area contributed by atoms with Gasteiger partial charge in [0.1, 0.15) is 0 Å². The van der Waals surface area contributed by atoms with Crippen molar-refractivity contribution < 1.29 is 23.3 Å². The molecule has 94 valence electrons. The zero-order valence-corrected chi connectivity index (χ0v) is 10.1. The number of carboxylic acids is 1.